The van der Waals surface area contributed by atoms with Crippen LogP contribution in [-0.4, -0.2) is 15.0 Å². The summed E-state index contributed by atoms with van der Waals surface area (Å²) in [6, 6.07) is 8.81. The average Bonchev–Trinajstić information content (AvgIpc) is 2.53. The molecule has 0 atom stereocenters. The molecule has 2 aromatic rings. The molecule has 0 aliphatic heterocycles. The number of hydrogen-bond donors (Lipinski definition) is 1. The molecule has 4 nitrogen and oxygen atoms in total. The molecule has 0 amide bonds. The van der Waals surface area contributed by atoms with Crippen LogP contribution in [0.2, 0.25) is 0 Å². The SMILES string of the molecule is O=S(=O)(NCc1ccc(OC(F)F)cc1)c1ccccc1C(F)(F)F. The van der Waals surface area contributed by atoms with Gasteiger partial charge >= 0.3 is 12.8 Å². The number of rotatable bonds is 6. The molecule has 25 heavy (non-hydrogen) atoms. The first-order valence-corrected chi connectivity index (χ1v) is 8.27. The van der Waals surface area contributed by atoms with Crippen molar-refractivity contribution in [1.29, 1.82) is 0 Å². The van der Waals surface area contributed by atoms with Crippen molar-refractivity contribution in [2.24, 2.45) is 0 Å². The van der Waals surface area contributed by atoms with Gasteiger partial charge in [-0.2, -0.15) is 22.0 Å². The van der Waals surface area contributed by atoms with Crippen molar-refractivity contribution in [2.45, 2.75) is 24.2 Å². The Morgan fingerprint density at radius 3 is 2.16 bits per heavy atom. The van der Waals surface area contributed by atoms with E-state index in [2.05, 4.69) is 4.74 Å². The summed E-state index contributed by atoms with van der Waals surface area (Å²) in [6.45, 7) is -3.31. The predicted octanol–water partition coefficient (Wildman–Crippen LogP) is 3.79. The van der Waals surface area contributed by atoms with Crippen LogP contribution in [-0.2, 0) is 22.7 Å². The van der Waals surface area contributed by atoms with Crippen LogP contribution >= 0.6 is 0 Å². The highest BCUT2D eigenvalue weighted by atomic mass is 32.2. The first-order chi connectivity index (χ1) is 11.6. The van der Waals surface area contributed by atoms with Crippen molar-refractivity contribution < 1.29 is 35.1 Å². The Hall–Kier alpha value is -2.20. The van der Waals surface area contributed by atoms with E-state index < -0.39 is 33.3 Å². The zero-order chi connectivity index (χ0) is 18.7. The second-order valence-electron chi connectivity index (χ2n) is 4.84. The van der Waals surface area contributed by atoms with E-state index in [0.717, 1.165) is 12.1 Å². The van der Waals surface area contributed by atoms with Gasteiger partial charge in [-0.1, -0.05) is 24.3 Å². The van der Waals surface area contributed by atoms with Gasteiger partial charge < -0.3 is 4.74 Å². The molecule has 0 bridgehead atoms. The molecule has 0 aromatic heterocycles. The van der Waals surface area contributed by atoms with E-state index in [0.29, 0.717) is 11.6 Å². The highest BCUT2D eigenvalue weighted by Crippen LogP contribution is 2.33. The number of halogens is 5. The van der Waals surface area contributed by atoms with E-state index in [1.165, 1.54) is 30.3 Å². The van der Waals surface area contributed by atoms with E-state index in [1.807, 2.05) is 4.72 Å². The molecule has 0 saturated carbocycles. The molecule has 136 valence electrons. The second-order valence-corrected chi connectivity index (χ2v) is 6.58. The molecular formula is C15H12F5NO3S. The Bertz CT molecular complexity index is 820. The summed E-state index contributed by atoms with van der Waals surface area (Å²) in [7, 11) is -4.42. The van der Waals surface area contributed by atoms with Crippen molar-refractivity contribution >= 4 is 10.0 Å². The largest absolute Gasteiger partial charge is 0.435 e. The molecule has 0 spiro atoms. The minimum atomic E-state index is -4.82. The number of alkyl halides is 5. The number of ether oxygens (including phenoxy) is 1. The Kier molecular flexibility index (Phi) is 5.63. The molecule has 0 aliphatic carbocycles. The highest BCUT2D eigenvalue weighted by Gasteiger charge is 2.36. The van der Waals surface area contributed by atoms with Crippen LogP contribution < -0.4 is 9.46 Å². The lowest BCUT2D eigenvalue weighted by Crippen LogP contribution is -2.26. The highest BCUT2D eigenvalue weighted by molar-refractivity contribution is 7.89. The maximum Gasteiger partial charge on any atom is 0.417 e. The first kappa shape index (κ1) is 19.1. The molecule has 0 unspecified atom stereocenters. The summed E-state index contributed by atoms with van der Waals surface area (Å²) in [4.78, 5) is -0.889. The van der Waals surface area contributed by atoms with Crippen LogP contribution in [0.3, 0.4) is 0 Å². The van der Waals surface area contributed by atoms with Crippen LogP contribution in [0.15, 0.2) is 53.4 Å². The Balaban J connectivity index is 2.15. The zero-order valence-electron chi connectivity index (χ0n) is 12.4. The summed E-state index contributed by atoms with van der Waals surface area (Å²) in [5.41, 5.74) is -0.919. The minimum Gasteiger partial charge on any atom is -0.435 e. The molecular weight excluding hydrogens is 369 g/mol. The quantitative estimate of drug-likeness (QED) is 0.775. The molecule has 0 aliphatic rings. The Morgan fingerprint density at radius 2 is 1.60 bits per heavy atom. The average molecular weight is 381 g/mol. The lowest BCUT2D eigenvalue weighted by atomic mass is 10.2. The van der Waals surface area contributed by atoms with Gasteiger partial charge in [0, 0.05) is 6.54 Å². The van der Waals surface area contributed by atoms with Gasteiger partial charge in [-0.3, -0.25) is 0 Å². The number of hydrogen-bond acceptors (Lipinski definition) is 3. The molecule has 0 saturated heterocycles. The summed E-state index contributed by atoms with van der Waals surface area (Å²) in [6.07, 6.45) is -4.82. The van der Waals surface area contributed by atoms with Crippen LogP contribution in [0.1, 0.15) is 11.1 Å². The lowest BCUT2D eigenvalue weighted by molar-refractivity contribution is -0.139. The van der Waals surface area contributed by atoms with E-state index in [4.69, 9.17) is 0 Å². The smallest absolute Gasteiger partial charge is 0.417 e. The molecule has 10 heteroatoms. The summed E-state index contributed by atoms with van der Waals surface area (Å²) in [5, 5.41) is 0. The number of benzene rings is 2. The van der Waals surface area contributed by atoms with E-state index in [-0.39, 0.29) is 12.3 Å². The molecule has 1 N–H and O–H groups in total. The summed E-state index contributed by atoms with van der Waals surface area (Å²) < 4.78 is 93.3. The third-order valence-electron chi connectivity index (χ3n) is 3.10. The number of nitrogens with one attached hydrogen (secondary N) is 1. The molecule has 2 rings (SSSR count). The van der Waals surface area contributed by atoms with Crippen molar-refractivity contribution in [3.05, 3.63) is 59.7 Å². The van der Waals surface area contributed by atoms with E-state index >= 15 is 0 Å². The molecule has 0 radical (unpaired) electrons. The second kappa shape index (κ2) is 7.36. The van der Waals surface area contributed by atoms with Crippen molar-refractivity contribution in [3.8, 4) is 5.75 Å². The third kappa shape index (κ3) is 5.13. The Labute approximate surface area is 140 Å². The van der Waals surface area contributed by atoms with Crippen molar-refractivity contribution in [3.63, 3.8) is 0 Å². The first-order valence-electron chi connectivity index (χ1n) is 6.79. The van der Waals surface area contributed by atoms with E-state index in [1.54, 1.807) is 0 Å². The van der Waals surface area contributed by atoms with Gasteiger partial charge in [0.25, 0.3) is 0 Å². The summed E-state index contributed by atoms with van der Waals surface area (Å²) in [5.74, 6) is -0.121. The van der Waals surface area contributed by atoms with Gasteiger partial charge in [0.05, 0.1) is 10.5 Å². The van der Waals surface area contributed by atoms with Gasteiger partial charge in [-0.05, 0) is 29.8 Å². The predicted molar refractivity (Wildman–Crippen MR) is 78.5 cm³/mol. The standard InChI is InChI=1S/C15H12F5NO3S/c16-14(17)24-11-7-5-10(6-8-11)9-21-25(22,23)13-4-2-1-3-12(13)15(18,19)20/h1-8,14,21H,9H2. The maximum atomic E-state index is 12.9. The van der Waals surface area contributed by atoms with Crippen LogP contribution in [0.5, 0.6) is 5.75 Å². The van der Waals surface area contributed by atoms with Gasteiger partial charge in [-0.15, -0.1) is 0 Å². The topological polar surface area (TPSA) is 55.4 Å². The van der Waals surface area contributed by atoms with Gasteiger partial charge in [0.1, 0.15) is 5.75 Å². The van der Waals surface area contributed by atoms with Crippen LogP contribution in [0.4, 0.5) is 22.0 Å². The van der Waals surface area contributed by atoms with Crippen molar-refractivity contribution in [2.75, 3.05) is 0 Å². The van der Waals surface area contributed by atoms with Gasteiger partial charge in [0.2, 0.25) is 10.0 Å². The third-order valence-corrected chi connectivity index (χ3v) is 4.56. The minimum absolute atomic E-state index is 0.121. The molecule has 0 fully saturated rings. The number of sulfonamides is 1. The van der Waals surface area contributed by atoms with Crippen molar-refractivity contribution in [1.82, 2.24) is 4.72 Å². The van der Waals surface area contributed by atoms with Crippen LogP contribution in [0.25, 0.3) is 0 Å². The monoisotopic (exact) mass is 381 g/mol. The lowest BCUT2D eigenvalue weighted by Gasteiger charge is -2.14. The van der Waals surface area contributed by atoms with Crippen LogP contribution in [0, 0.1) is 0 Å². The molecule has 2 aromatic carbocycles. The molecule has 0 heterocycles. The fourth-order valence-electron chi connectivity index (χ4n) is 1.98. The van der Waals surface area contributed by atoms with Gasteiger partial charge in [-0.25, -0.2) is 13.1 Å². The maximum absolute atomic E-state index is 12.9. The van der Waals surface area contributed by atoms with Gasteiger partial charge in [0.15, 0.2) is 0 Å². The van der Waals surface area contributed by atoms with E-state index in [9.17, 15) is 30.4 Å². The Morgan fingerprint density at radius 1 is 1.00 bits per heavy atom. The normalized spacial score (nSPS) is 12.4. The fourth-order valence-corrected chi connectivity index (χ4v) is 3.22. The fraction of sp³-hybridized carbons (Fsp3) is 0.200. The zero-order valence-corrected chi connectivity index (χ0v) is 13.2. The summed E-state index contributed by atoms with van der Waals surface area (Å²) >= 11 is 0.